The molecular weight excluding hydrogens is 346 g/mol. The van der Waals surface area contributed by atoms with Crippen LogP contribution in [0.4, 0.5) is 5.69 Å². The van der Waals surface area contributed by atoms with Gasteiger partial charge >= 0.3 is 5.97 Å². The van der Waals surface area contributed by atoms with Gasteiger partial charge in [0.25, 0.3) is 0 Å². The Morgan fingerprint density at radius 1 is 1.14 bits per heavy atom. The Labute approximate surface area is 136 Å². The van der Waals surface area contributed by atoms with Crippen molar-refractivity contribution in [2.24, 2.45) is 0 Å². The number of carbonyl (C=O) groups excluding carboxylic acids is 1. The number of hydrogen-bond acceptors (Lipinski definition) is 2. The van der Waals surface area contributed by atoms with Crippen LogP contribution >= 0.6 is 15.9 Å². The minimum atomic E-state index is -1.10. The van der Waals surface area contributed by atoms with Gasteiger partial charge in [0.15, 0.2) is 0 Å². The standard InChI is InChI=1S/C17H14BrNO3/c1-11(12-5-3-2-4-6-12)9-16(20)19-15-8-7-13(18)10-14(15)17(21)22/h2-10H,1H3,(H,19,20)(H,21,22). The van der Waals surface area contributed by atoms with E-state index in [1.807, 2.05) is 37.3 Å². The van der Waals surface area contributed by atoms with E-state index >= 15 is 0 Å². The predicted octanol–water partition coefficient (Wildman–Crippen LogP) is 4.19. The number of anilines is 1. The van der Waals surface area contributed by atoms with Crippen molar-refractivity contribution in [3.63, 3.8) is 0 Å². The van der Waals surface area contributed by atoms with Gasteiger partial charge in [-0.2, -0.15) is 0 Å². The van der Waals surface area contributed by atoms with Crippen LogP contribution in [-0.2, 0) is 4.79 Å². The lowest BCUT2D eigenvalue weighted by Crippen LogP contribution is -2.12. The average molecular weight is 360 g/mol. The summed E-state index contributed by atoms with van der Waals surface area (Å²) in [5.74, 6) is -1.47. The highest BCUT2D eigenvalue weighted by atomic mass is 79.9. The highest BCUT2D eigenvalue weighted by Crippen LogP contribution is 2.21. The summed E-state index contributed by atoms with van der Waals surface area (Å²) in [7, 11) is 0. The molecule has 5 heteroatoms. The number of halogens is 1. The van der Waals surface area contributed by atoms with Gasteiger partial charge in [0.1, 0.15) is 0 Å². The summed E-state index contributed by atoms with van der Waals surface area (Å²) in [4.78, 5) is 23.3. The number of rotatable bonds is 4. The Bertz CT molecular complexity index is 739. The van der Waals surface area contributed by atoms with Gasteiger partial charge in [-0.25, -0.2) is 4.79 Å². The Morgan fingerprint density at radius 2 is 1.82 bits per heavy atom. The number of carboxylic acid groups (broad SMARTS) is 1. The van der Waals surface area contributed by atoms with Gasteiger partial charge in [-0.3, -0.25) is 4.79 Å². The van der Waals surface area contributed by atoms with Gasteiger partial charge in [0, 0.05) is 10.5 Å². The number of nitrogens with one attached hydrogen (secondary N) is 1. The van der Waals surface area contributed by atoms with Crippen LogP contribution in [0.1, 0.15) is 22.8 Å². The van der Waals surface area contributed by atoms with Gasteiger partial charge in [0.05, 0.1) is 11.3 Å². The summed E-state index contributed by atoms with van der Waals surface area (Å²) in [5.41, 5.74) is 2.03. The topological polar surface area (TPSA) is 66.4 Å². The van der Waals surface area contributed by atoms with Crippen molar-refractivity contribution in [2.45, 2.75) is 6.92 Å². The summed E-state index contributed by atoms with van der Waals surface area (Å²) in [6.45, 7) is 1.83. The molecule has 1 amide bonds. The molecule has 2 rings (SSSR count). The molecule has 0 radical (unpaired) electrons. The number of amides is 1. The van der Waals surface area contributed by atoms with E-state index in [2.05, 4.69) is 21.2 Å². The molecule has 0 aromatic heterocycles. The third-order valence-electron chi connectivity index (χ3n) is 3.05. The lowest BCUT2D eigenvalue weighted by molar-refractivity contribution is -0.111. The minimum Gasteiger partial charge on any atom is -0.478 e. The van der Waals surface area contributed by atoms with E-state index in [0.717, 1.165) is 11.1 Å². The first-order valence-electron chi connectivity index (χ1n) is 6.55. The molecular formula is C17H14BrNO3. The average Bonchev–Trinajstić information content (AvgIpc) is 2.49. The maximum atomic E-state index is 12.1. The Kier molecular flexibility index (Phi) is 5.12. The van der Waals surface area contributed by atoms with Crippen molar-refractivity contribution in [3.8, 4) is 0 Å². The lowest BCUT2D eigenvalue weighted by Gasteiger charge is -2.08. The quantitative estimate of drug-likeness (QED) is 0.804. The van der Waals surface area contributed by atoms with Crippen LogP contribution in [0, 0.1) is 0 Å². The smallest absolute Gasteiger partial charge is 0.337 e. The number of allylic oxidation sites excluding steroid dienone is 1. The number of carboxylic acids is 1. The zero-order valence-electron chi connectivity index (χ0n) is 11.8. The van der Waals surface area contributed by atoms with Crippen molar-refractivity contribution < 1.29 is 14.7 Å². The van der Waals surface area contributed by atoms with Crippen LogP contribution in [0.2, 0.25) is 0 Å². The molecule has 0 bridgehead atoms. The molecule has 0 saturated carbocycles. The van der Waals surface area contributed by atoms with E-state index in [0.29, 0.717) is 4.47 Å². The number of benzene rings is 2. The van der Waals surface area contributed by atoms with Crippen LogP contribution in [0.25, 0.3) is 5.57 Å². The maximum Gasteiger partial charge on any atom is 0.337 e. The molecule has 0 spiro atoms. The Hall–Kier alpha value is -2.40. The van der Waals surface area contributed by atoms with Crippen LogP contribution in [-0.4, -0.2) is 17.0 Å². The highest BCUT2D eigenvalue weighted by Gasteiger charge is 2.12. The van der Waals surface area contributed by atoms with Crippen molar-refractivity contribution in [2.75, 3.05) is 5.32 Å². The fourth-order valence-electron chi connectivity index (χ4n) is 1.95. The molecule has 0 unspecified atom stereocenters. The fourth-order valence-corrected chi connectivity index (χ4v) is 2.31. The molecule has 2 aromatic rings. The third kappa shape index (κ3) is 4.05. The monoisotopic (exact) mass is 359 g/mol. The normalized spacial score (nSPS) is 11.1. The molecule has 4 nitrogen and oxygen atoms in total. The van der Waals surface area contributed by atoms with E-state index in [4.69, 9.17) is 0 Å². The molecule has 2 N–H and O–H groups in total. The Balaban J connectivity index is 2.21. The first-order valence-corrected chi connectivity index (χ1v) is 7.34. The second-order valence-electron chi connectivity index (χ2n) is 4.68. The molecule has 0 saturated heterocycles. The molecule has 0 fully saturated rings. The van der Waals surface area contributed by atoms with Gasteiger partial charge in [-0.1, -0.05) is 46.3 Å². The van der Waals surface area contributed by atoms with Gasteiger partial charge in [-0.05, 0) is 36.3 Å². The molecule has 0 aliphatic carbocycles. The molecule has 0 atom stereocenters. The summed E-state index contributed by atoms with van der Waals surface area (Å²) in [6, 6.07) is 14.2. The van der Waals surface area contributed by atoms with Crippen molar-refractivity contribution in [1.82, 2.24) is 0 Å². The molecule has 0 aliphatic heterocycles. The zero-order chi connectivity index (χ0) is 16.1. The van der Waals surface area contributed by atoms with E-state index in [9.17, 15) is 14.7 Å². The van der Waals surface area contributed by atoms with Crippen molar-refractivity contribution >= 4 is 39.1 Å². The minimum absolute atomic E-state index is 0.0356. The van der Waals surface area contributed by atoms with Crippen LogP contribution in [0.15, 0.2) is 59.1 Å². The largest absolute Gasteiger partial charge is 0.478 e. The molecule has 112 valence electrons. The van der Waals surface area contributed by atoms with Gasteiger partial charge < -0.3 is 10.4 Å². The van der Waals surface area contributed by atoms with E-state index in [1.54, 1.807) is 12.1 Å². The summed E-state index contributed by atoms with van der Waals surface area (Å²) in [6.07, 6.45) is 1.45. The fraction of sp³-hybridized carbons (Fsp3) is 0.0588. The van der Waals surface area contributed by atoms with E-state index < -0.39 is 5.97 Å². The van der Waals surface area contributed by atoms with Crippen LogP contribution < -0.4 is 5.32 Å². The van der Waals surface area contributed by atoms with Crippen molar-refractivity contribution in [1.29, 1.82) is 0 Å². The van der Waals surface area contributed by atoms with E-state index in [-0.39, 0.29) is 17.2 Å². The predicted molar refractivity (Wildman–Crippen MR) is 89.8 cm³/mol. The number of aromatic carboxylic acids is 1. The van der Waals surface area contributed by atoms with E-state index in [1.165, 1.54) is 12.1 Å². The molecule has 2 aromatic carbocycles. The summed E-state index contributed by atoms with van der Waals surface area (Å²) in [5, 5.41) is 11.8. The second-order valence-corrected chi connectivity index (χ2v) is 5.59. The van der Waals surface area contributed by atoms with Gasteiger partial charge in [-0.15, -0.1) is 0 Å². The summed E-state index contributed by atoms with van der Waals surface area (Å²) >= 11 is 3.21. The van der Waals surface area contributed by atoms with Crippen LogP contribution in [0.5, 0.6) is 0 Å². The molecule has 22 heavy (non-hydrogen) atoms. The first-order chi connectivity index (χ1) is 10.5. The first kappa shape index (κ1) is 16.0. The number of hydrogen-bond donors (Lipinski definition) is 2. The molecule has 0 heterocycles. The second kappa shape index (κ2) is 7.04. The SMILES string of the molecule is CC(=CC(=O)Nc1ccc(Br)cc1C(=O)O)c1ccccc1. The summed E-state index contributed by atoms with van der Waals surface area (Å²) < 4.78 is 0.638. The number of carbonyl (C=O) groups is 2. The molecule has 0 aliphatic rings. The van der Waals surface area contributed by atoms with Gasteiger partial charge in [0.2, 0.25) is 5.91 Å². The highest BCUT2D eigenvalue weighted by molar-refractivity contribution is 9.10. The lowest BCUT2D eigenvalue weighted by atomic mass is 10.1. The Morgan fingerprint density at radius 3 is 2.45 bits per heavy atom. The zero-order valence-corrected chi connectivity index (χ0v) is 13.4. The van der Waals surface area contributed by atoms with Crippen LogP contribution in [0.3, 0.4) is 0 Å². The van der Waals surface area contributed by atoms with Crippen molar-refractivity contribution in [3.05, 3.63) is 70.2 Å². The maximum absolute atomic E-state index is 12.1. The third-order valence-corrected chi connectivity index (χ3v) is 3.54.